The molecule has 1 aromatic heterocycles. The lowest BCUT2D eigenvalue weighted by Gasteiger charge is -2.04. The molecule has 0 unspecified atom stereocenters. The second-order valence-corrected chi connectivity index (χ2v) is 5.66. The van der Waals surface area contributed by atoms with Gasteiger partial charge in [-0.15, -0.1) is 0 Å². The normalized spacial score (nSPS) is 10.7. The van der Waals surface area contributed by atoms with Gasteiger partial charge in [-0.2, -0.15) is 0 Å². The highest BCUT2D eigenvalue weighted by Crippen LogP contribution is 2.22. The van der Waals surface area contributed by atoms with Crippen LogP contribution in [-0.4, -0.2) is 20.6 Å². The van der Waals surface area contributed by atoms with E-state index in [-0.39, 0.29) is 11.7 Å². The summed E-state index contributed by atoms with van der Waals surface area (Å²) < 4.78 is 6.02. The summed E-state index contributed by atoms with van der Waals surface area (Å²) in [7, 11) is 0. The van der Waals surface area contributed by atoms with Crippen molar-refractivity contribution >= 4 is 39.4 Å². The Morgan fingerprint density at radius 3 is 2.87 bits per heavy atom. The van der Waals surface area contributed by atoms with Crippen molar-refractivity contribution in [2.75, 3.05) is 4.61 Å². The topological polar surface area (TPSA) is 74.3 Å². The Hall–Kier alpha value is -2.22. The van der Waals surface area contributed by atoms with E-state index in [1.165, 1.54) is 0 Å². The summed E-state index contributed by atoms with van der Waals surface area (Å²) in [6.07, 6.45) is 0. The van der Waals surface area contributed by atoms with Crippen LogP contribution in [0.1, 0.15) is 16.1 Å². The summed E-state index contributed by atoms with van der Waals surface area (Å²) in [5, 5.41) is 13.2. The molecule has 0 saturated heterocycles. The molecule has 5 nitrogen and oxygen atoms in total. The molecule has 1 amide bonds. The van der Waals surface area contributed by atoms with Crippen molar-refractivity contribution in [1.82, 2.24) is 10.3 Å². The Balaban J connectivity index is 1.73. The van der Waals surface area contributed by atoms with Crippen LogP contribution in [0.3, 0.4) is 0 Å². The first-order chi connectivity index (χ1) is 11.2. The maximum absolute atomic E-state index is 12.2. The molecule has 0 aliphatic heterocycles. The lowest BCUT2D eigenvalue weighted by molar-refractivity contribution is 0.0946. The minimum Gasteiger partial charge on any atom is -0.508 e. The summed E-state index contributed by atoms with van der Waals surface area (Å²) in [6.45, 7) is 0.353. The molecular weight excluding hydrogens is 407 g/mol. The van der Waals surface area contributed by atoms with Crippen LogP contribution < -0.4 is 10.1 Å². The van der Waals surface area contributed by atoms with Crippen LogP contribution >= 0.6 is 22.6 Å². The van der Waals surface area contributed by atoms with Crippen LogP contribution in [0.25, 0.3) is 10.9 Å². The summed E-state index contributed by atoms with van der Waals surface area (Å²) in [5.74, 6) is 0.767. The number of aromatic amines is 1. The van der Waals surface area contributed by atoms with Gasteiger partial charge in [-0.3, -0.25) is 4.79 Å². The molecule has 6 heteroatoms. The molecule has 3 N–H and O–H groups in total. The second-order valence-electron chi connectivity index (χ2n) is 5.04. The van der Waals surface area contributed by atoms with Gasteiger partial charge in [0.15, 0.2) is 0 Å². The predicted octanol–water partition coefficient (Wildman–Crippen LogP) is 3.57. The van der Waals surface area contributed by atoms with Crippen molar-refractivity contribution < 1.29 is 14.6 Å². The van der Waals surface area contributed by atoms with Crippen LogP contribution in [0.4, 0.5) is 0 Å². The number of ether oxygens (including phenoxy) is 1. The minimum atomic E-state index is -0.194. The molecular formula is C17H15IN2O3. The van der Waals surface area contributed by atoms with Gasteiger partial charge in [-0.25, -0.2) is 0 Å². The molecule has 0 aliphatic carbocycles. The van der Waals surface area contributed by atoms with E-state index in [9.17, 15) is 9.90 Å². The van der Waals surface area contributed by atoms with Gasteiger partial charge in [0, 0.05) is 17.4 Å². The summed E-state index contributed by atoms with van der Waals surface area (Å²) >= 11 is 2.14. The lowest BCUT2D eigenvalue weighted by atomic mass is 10.2. The van der Waals surface area contributed by atoms with E-state index in [0.29, 0.717) is 16.9 Å². The highest BCUT2D eigenvalue weighted by atomic mass is 127. The first-order valence-electron chi connectivity index (χ1n) is 7.03. The first-order valence-corrected chi connectivity index (χ1v) is 8.56. The third-order valence-electron chi connectivity index (χ3n) is 3.42. The molecule has 0 radical (unpaired) electrons. The van der Waals surface area contributed by atoms with Crippen molar-refractivity contribution in [2.24, 2.45) is 0 Å². The first kappa shape index (κ1) is 15.7. The summed E-state index contributed by atoms with van der Waals surface area (Å²) in [6, 6.07) is 14.3. The van der Waals surface area contributed by atoms with Crippen LogP contribution in [-0.2, 0) is 6.54 Å². The molecule has 0 atom stereocenters. The largest absolute Gasteiger partial charge is 0.508 e. The molecule has 0 saturated carbocycles. The van der Waals surface area contributed by atoms with Crippen molar-refractivity contribution in [2.45, 2.75) is 6.54 Å². The van der Waals surface area contributed by atoms with Crippen molar-refractivity contribution in [3.63, 3.8) is 0 Å². The van der Waals surface area contributed by atoms with E-state index in [1.54, 1.807) is 24.3 Å². The van der Waals surface area contributed by atoms with Gasteiger partial charge in [-0.05, 0) is 64.6 Å². The van der Waals surface area contributed by atoms with Gasteiger partial charge in [-0.1, -0.05) is 12.1 Å². The number of carbonyl (C=O) groups excluding carboxylic acids is 1. The molecule has 23 heavy (non-hydrogen) atoms. The Kier molecular flexibility index (Phi) is 4.71. The number of halogens is 1. The third-order valence-corrected chi connectivity index (χ3v) is 3.73. The number of carbonyl (C=O) groups is 1. The summed E-state index contributed by atoms with van der Waals surface area (Å²) in [4.78, 5) is 15.3. The van der Waals surface area contributed by atoms with E-state index in [4.69, 9.17) is 4.74 Å². The van der Waals surface area contributed by atoms with E-state index in [2.05, 4.69) is 32.9 Å². The monoisotopic (exact) mass is 422 g/mol. The number of fused-ring (bicyclic) bond motifs is 1. The van der Waals surface area contributed by atoms with Gasteiger partial charge < -0.3 is 20.1 Å². The molecule has 3 aromatic rings. The molecule has 0 aliphatic rings. The second kappa shape index (κ2) is 6.91. The highest BCUT2D eigenvalue weighted by molar-refractivity contribution is 14.1. The van der Waals surface area contributed by atoms with Crippen molar-refractivity contribution in [3.8, 4) is 11.5 Å². The minimum absolute atomic E-state index is 0.185. The SMILES string of the molecule is O=C(NCc1cccc(O)c1)c1cc2cc(OCI)ccc2[nH]1. The van der Waals surface area contributed by atoms with Crippen LogP contribution in [0.5, 0.6) is 11.5 Å². The zero-order valence-electron chi connectivity index (χ0n) is 12.2. The average Bonchev–Trinajstić information content (AvgIpc) is 2.96. The fourth-order valence-electron chi connectivity index (χ4n) is 2.33. The standard InChI is InChI=1S/C17H15IN2O3/c18-10-23-14-4-5-15-12(7-14)8-16(20-15)17(22)19-9-11-2-1-3-13(21)6-11/h1-8,20-21H,9-10H2,(H,19,22). The van der Waals surface area contributed by atoms with E-state index < -0.39 is 0 Å². The van der Waals surface area contributed by atoms with Crippen LogP contribution in [0.15, 0.2) is 48.5 Å². The Morgan fingerprint density at radius 1 is 1.22 bits per heavy atom. The number of phenolic OH excluding ortho intramolecular Hbond substituents is 1. The molecule has 3 rings (SSSR count). The van der Waals surface area contributed by atoms with E-state index >= 15 is 0 Å². The van der Waals surface area contributed by atoms with Crippen molar-refractivity contribution in [1.29, 1.82) is 0 Å². The van der Waals surface area contributed by atoms with E-state index in [1.807, 2.05) is 24.3 Å². The van der Waals surface area contributed by atoms with Crippen LogP contribution in [0, 0.1) is 0 Å². The zero-order valence-corrected chi connectivity index (χ0v) is 14.3. The maximum Gasteiger partial charge on any atom is 0.267 e. The predicted molar refractivity (Wildman–Crippen MR) is 97.1 cm³/mol. The number of phenols is 1. The average molecular weight is 422 g/mol. The van der Waals surface area contributed by atoms with Crippen molar-refractivity contribution in [3.05, 3.63) is 59.8 Å². The Morgan fingerprint density at radius 2 is 2.09 bits per heavy atom. The number of aromatic hydroxyl groups is 1. The van der Waals surface area contributed by atoms with Crippen LogP contribution in [0.2, 0.25) is 0 Å². The number of hydrogen-bond acceptors (Lipinski definition) is 3. The molecule has 2 aromatic carbocycles. The third kappa shape index (κ3) is 3.76. The Bertz CT molecular complexity index is 845. The molecule has 118 valence electrons. The van der Waals surface area contributed by atoms with Gasteiger partial charge >= 0.3 is 0 Å². The number of hydrogen-bond donors (Lipinski definition) is 3. The number of amides is 1. The quantitative estimate of drug-likeness (QED) is 0.435. The smallest absolute Gasteiger partial charge is 0.267 e. The summed E-state index contributed by atoms with van der Waals surface area (Å²) in [5.41, 5.74) is 2.22. The maximum atomic E-state index is 12.2. The fourth-order valence-corrected chi connectivity index (χ4v) is 2.69. The van der Waals surface area contributed by atoms with Gasteiger partial charge in [0.2, 0.25) is 0 Å². The number of rotatable bonds is 5. The number of aromatic nitrogens is 1. The molecule has 0 bridgehead atoms. The zero-order chi connectivity index (χ0) is 16.2. The van der Waals surface area contributed by atoms with E-state index in [0.717, 1.165) is 22.2 Å². The Labute approximate surface area is 146 Å². The fraction of sp³-hybridized carbons (Fsp3) is 0.118. The molecule has 1 heterocycles. The number of H-pyrrole nitrogens is 1. The van der Waals surface area contributed by atoms with Gasteiger partial charge in [0.25, 0.3) is 5.91 Å². The number of nitrogens with one attached hydrogen (secondary N) is 2. The number of alkyl halides is 1. The molecule has 0 fully saturated rings. The number of benzene rings is 2. The van der Waals surface area contributed by atoms with Gasteiger partial charge in [0.05, 0.1) is 0 Å². The lowest BCUT2D eigenvalue weighted by Crippen LogP contribution is -2.22. The highest BCUT2D eigenvalue weighted by Gasteiger charge is 2.10. The molecule has 0 spiro atoms. The van der Waals surface area contributed by atoms with Gasteiger partial charge in [0.1, 0.15) is 21.8 Å².